The Hall–Kier alpha value is -1.35. The SMILES string of the molecule is NCc1ccccc1N[C]=O. The van der Waals surface area contributed by atoms with Crippen LogP contribution in [0.1, 0.15) is 5.56 Å². The van der Waals surface area contributed by atoms with Crippen LogP contribution in [0.2, 0.25) is 0 Å². The summed E-state index contributed by atoms with van der Waals surface area (Å²) in [6.45, 7) is 0.421. The summed E-state index contributed by atoms with van der Waals surface area (Å²) in [6.07, 6.45) is 1.60. The van der Waals surface area contributed by atoms with Gasteiger partial charge in [0.2, 0.25) is 0 Å². The number of hydrogen-bond donors (Lipinski definition) is 2. The molecule has 0 fully saturated rings. The Morgan fingerprint density at radius 1 is 1.45 bits per heavy atom. The van der Waals surface area contributed by atoms with E-state index in [0.29, 0.717) is 6.54 Å². The van der Waals surface area contributed by atoms with Crippen LogP contribution in [-0.2, 0) is 11.3 Å². The largest absolute Gasteiger partial charge is 0.326 e. The Balaban J connectivity index is 2.92. The predicted molar refractivity (Wildman–Crippen MR) is 43.6 cm³/mol. The molecule has 1 aromatic carbocycles. The van der Waals surface area contributed by atoms with E-state index in [1.54, 1.807) is 12.5 Å². The fraction of sp³-hybridized carbons (Fsp3) is 0.125. The van der Waals surface area contributed by atoms with E-state index >= 15 is 0 Å². The Bertz CT molecular complexity index is 248. The van der Waals surface area contributed by atoms with Crippen molar-refractivity contribution >= 4 is 12.1 Å². The van der Waals surface area contributed by atoms with E-state index < -0.39 is 0 Å². The molecule has 0 saturated heterocycles. The lowest BCUT2D eigenvalue weighted by molar-refractivity contribution is 0.561. The minimum absolute atomic E-state index is 0.421. The van der Waals surface area contributed by atoms with Crippen molar-refractivity contribution in [2.75, 3.05) is 5.32 Å². The van der Waals surface area contributed by atoms with Gasteiger partial charge in [-0.15, -0.1) is 0 Å². The molecule has 3 nitrogen and oxygen atoms in total. The van der Waals surface area contributed by atoms with Crippen LogP contribution in [0.25, 0.3) is 0 Å². The summed E-state index contributed by atoms with van der Waals surface area (Å²) in [4.78, 5) is 9.97. The third kappa shape index (κ3) is 1.78. The number of amides is 1. The van der Waals surface area contributed by atoms with Crippen LogP contribution in [0.4, 0.5) is 5.69 Å². The van der Waals surface area contributed by atoms with E-state index in [2.05, 4.69) is 5.32 Å². The molecular formula is C8H9N2O. The molecule has 0 spiro atoms. The number of anilines is 1. The number of carbonyl (C=O) groups excluding carboxylic acids is 1. The quantitative estimate of drug-likeness (QED) is 0.619. The second-order valence-corrected chi connectivity index (χ2v) is 2.09. The van der Waals surface area contributed by atoms with Gasteiger partial charge >= 0.3 is 6.41 Å². The Morgan fingerprint density at radius 3 is 2.82 bits per heavy atom. The molecule has 3 N–H and O–H groups in total. The third-order valence-corrected chi connectivity index (χ3v) is 1.42. The molecule has 1 radical (unpaired) electrons. The lowest BCUT2D eigenvalue weighted by Crippen LogP contribution is -2.02. The summed E-state index contributed by atoms with van der Waals surface area (Å²) in [5, 5.41) is 2.44. The normalized spacial score (nSPS) is 9.18. The van der Waals surface area contributed by atoms with Gasteiger partial charge in [0.15, 0.2) is 0 Å². The fourth-order valence-electron chi connectivity index (χ4n) is 0.875. The molecule has 0 aliphatic heterocycles. The van der Waals surface area contributed by atoms with Gasteiger partial charge in [-0.25, -0.2) is 0 Å². The number of para-hydroxylation sites is 1. The van der Waals surface area contributed by atoms with Gasteiger partial charge < -0.3 is 11.1 Å². The van der Waals surface area contributed by atoms with Crippen molar-refractivity contribution in [2.45, 2.75) is 6.54 Å². The summed E-state index contributed by atoms with van der Waals surface area (Å²) >= 11 is 0. The van der Waals surface area contributed by atoms with Crippen molar-refractivity contribution in [3.8, 4) is 0 Å². The predicted octanol–water partition coefficient (Wildman–Crippen LogP) is 0.624. The van der Waals surface area contributed by atoms with E-state index in [9.17, 15) is 4.79 Å². The summed E-state index contributed by atoms with van der Waals surface area (Å²) in [5.41, 5.74) is 7.05. The van der Waals surface area contributed by atoms with Gasteiger partial charge in [-0.1, -0.05) is 18.2 Å². The highest BCUT2D eigenvalue weighted by atomic mass is 16.1. The van der Waals surface area contributed by atoms with Crippen molar-refractivity contribution in [1.29, 1.82) is 0 Å². The van der Waals surface area contributed by atoms with Crippen molar-refractivity contribution in [3.05, 3.63) is 29.8 Å². The minimum atomic E-state index is 0.421. The van der Waals surface area contributed by atoms with Gasteiger partial charge in [0.1, 0.15) is 0 Å². The van der Waals surface area contributed by atoms with Crippen LogP contribution in [0.15, 0.2) is 24.3 Å². The van der Waals surface area contributed by atoms with Crippen molar-refractivity contribution in [2.24, 2.45) is 5.73 Å². The average molecular weight is 149 g/mol. The summed E-state index contributed by atoms with van der Waals surface area (Å²) < 4.78 is 0. The molecule has 11 heavy (non-hydrogen) atoms. The molecule has 0 bridgehead atoms. The van der Waals surface area contributed by atoms with Crippen LogP contribution >= 0.6 is 0 Å². The van der Waals surface area contributed by atoms with Crippen molar-refractivity contribution in [1.82, 2.24) is 0 Å². The van der Waals surface area contributed by atoms with Gasteiger partial charge in [0.25, 0.3) is 0 Å². The molecule has 3 heteroatoms. The molecule has 0 atom stereocenters. The van der Waals surface area contributed by atoms with E-state index in [4.69, 9.17) is 5.73 Å². The van der Waals surface area contributed by atoms with Crippen LogP contribution < -0.4 is 11.1 Å². The maximum absolute atomic E-state index is 9.97. The maximum Gasteiger partial charge on any atom is 0.314 e. The molecule has 1 aromatic rings. The molecule has 0 aromatic heterocycles. The van der Waals surface area contributed by atoms with E-state index in [1.807, 2.05) is 18.2 Å². The molecule has 0 aliphatic rings. The molecule has 0 heterocycles. The number of nitrogens with two attached hydrogens (primary N) is 1. The molecule has 57 valence electrons. The summed E-state index contributed by atoms with van der Waals surface area (Å²) in [5.74, 6) is 0. The van der Waals surface area contributed by atoms with Crippen LogP contribution in [0.5, 0.6) is 0 Å². The molecule has 1 rings (SSSR count). The van der Waals surface area contributed by atoms with E-state index in [-0.39, 0.29) is 0 Å². The zero-order chi connectivity index (χ0) is 8.10. The fourth-order valence-corrected chi connectivity index (χ4v) is 0.875. The zero-order valence-electron chi connectivity index (χ0n) is 6.00. The van der Waals surface area contributed by atoms with Crippen LogP contribution in [-0.4, -0.2) is 6.41 Å². The van der Waals surface area contributed by atoms with Gasteiger partial charge in [0, 0.05) is 12.2 Å². The first-order valence-corrected chi connectivity index (χ1v) is 3.29. The highest BCUT2D eigenvalue weighted by Gasteiger charge is 1.96. The maximum atomic E-state index is 9.97. The Kier molecular flexibility index (Phi) is 2.63. The van der Waals surface area contributed by atoms with Gasteiger partial charge in [0.05, 0.1) is 0 Å². The standard InChI is InChI=1S/C8H9N2O/c9-5-7-3-1-2-4-8(7)10-6-11/h1-4H,5,9H2,(H,10,11). The smallest absolute Gasteiger partial charge is 0.314 e. The van der Waals surface area contributed by atoms with Crippen LogP contribution in [0.3, 0.4) is 0 Å². The first kappa shape index (κ1) is 7.75. The lowest BCUT2D eigenvalue weighted by Gasteiger charge is -2.03. The van der Waals surface area contributed by atoms with Crippen molar-refractivity contribution in [3.63, 3.8) is 0 Å². The topological polar surface area (TPSA) is 55.1 Å². The monoisotopic (exact) mass is 149 g/mol. The molecule has 0 saturated carbocycles. The Labute approximate surface area is 65.2 Å². The number of nitrogens with one attached hydrogen (secondary N) is 1. The van der Waals surface area contributed by atoms with Crippen molar-refractivity contribution < 1.29 is 4.79 Å². The second-order valence-electron chi connectivity index (χ2n) is 2.09. The summed E-state index contributed by atoms with van der Waals surface area (Å²) in [7, 11) is 0. The Morgan fingerprint density at radius 2 is 2.18 bits per heavy atom. The highest BCUT2D eigenvalue weighted by Crippen LogP contribution is 2.12. The first-order valence-electron chi connectivity index (χ1n) is 3.29. The molecular weight excluding hydrogens is 140 g/mol. The molecule has 0 aliphatic carbocycles. The van der Waals surface area contributed by atoms with Crippen LogP contribution in [0, 0.1) is 0 Å². The van der Waals surface area contributed by atoms with Gasteiger partial charge in [-0.05, 0) is 11.6 Å². The minimum Gasteiger partial charge on any atom is -0.326 e. The number of hydrogen-bond acceptors (Lipinski definition) is 2. The lowest BCUT2D eigenvalue weighted by atomic mass is 10.2. The zero-order valence-corrected chi connectivity index (χ0v) is 6.00. The summed E-state index contributed by atoms with van der Waals surface area (Å²) in [6, 6.07) is 7.35. The second kappa shape index (κ2) is 3.73. The molecule has 1 amide bonds. The van der Waals surface area contributed by atoms with Gasteiger partial charge in [-0.2, -0.15) is 0 Å². The van der Waals surface area contributed by atoms with E-state index in [1.165, 1.54) is 0 Å². The number of benzene rings is 1. The third-order valence-electron chi connectivity index (χ3n) is 1.42. The number of rotatable bonds is 3. The molecule has 0 unspecified atom stereocenters. The van der Waals surface area contributed by atoms with Gasteiger partial charge in [-0.3, -0.25) is 4.79 Å². The first-order chi connectivity index (χ1) is 5.38. The highest BCUT2D eigenvalue weighted by molar-refractivity contribution is 5.73. The van der Waals surface area contributed by atoms with E-state index in [0.717, 1.165) is 11.3 Å². The average Bonchev–Trinajstić information content (AvgIpc) is 2.06.